The molecule has 0 bridgehead atoms. The summed E-state index contributed by atoms with van der Waals surface area (Å²) >= 11 is 6.08. The topological polar surface area (TPSA) is 93.4 Å². The predicted octanol–water partition coefficient (Wildman–Crippen LogP) is 4.65. The molecule has 0 spiro atoms. The number of carbonyl (C=O) groups is 1. The number of amides is 1. The van der Waals surface area contributed by atoms with Gasteiger partial charge in [-0.1, -0.05) is 29.8 Å². The van der Waals surface area contributed by atoms with Gasteiger partial charge in [0.1, 0.15) is 11.5 Å². The number of amidine groups is 2. The molecule has 0 unspecified atom stereocenters. The van der Waals surface area contributed by atoms with Gasteiger partial charge in [-0.25, -0.2) is 0 Å². The van der Waals surface area contributed by atoms with Gasteiger partial charge >= 0.3 is 0 Å². The number of rotatable bonds is 8. The van der Waals surface area contributed by atoms with Crippen molar-refractivity contribution in [1.82, 2.24) is 5.06 Å². The summed E-state index contributed by atoms with van der Waals surface area (Å²) in [6.45, 7) is 2.60. The van der Waals surface area contributed by atoms with E-state index >= 15 is 0 Å². The Kier molecular flexibility index (Phi) is 6.65. The molecule has 9 heteroatoms. The van der Waals surface area contributed by atoms with E-state index in [1.54, 1.807) is 43.3 Å². The van der Waals surface area contributed by atoms with Gasteiger partial charge in [0.15, 0.2) is 23.2 Å². The molecule has 2 aliphatic heterocycles. The minimum Gasteiger partial charge on any atom is -0.493 e. The van der Waals surface area contributed by atoms with Crippen molar-refractivity contribution < 1.29 is 23.8 Å². The first-order valence-corrected chi connectivity index (χ1v) is 10.6. The molecule has 2 aromatic rings. The van der Waals surface area contributed by atoms with Crippen molar-refractivity contribution >= 4 is 35.3 Å². The summed E-state index contributed by atoms with van der Waals surface area (Å²) in [6.07, 6.45) is 3.83. The van der Waals surface area contributed by atoms with Crippen LogP contribution in [0.25, 0.3) is 6.08 Å². The zero-order chi connectivity index (χ0) is 23.4. The molecule has 2 aromatic carbocycles. The number of hydrogen-bond donors (Lipinski definition) is 1. The largest absolute Gasteiger partial charge is 0.493 e. The smallest absolute Gasteiger partial charge is 0.282 e. The fourth-order valence-electron chi connectivity index (χ4n) is 3.25. The summed E-state index contributed by atoms with van der Waals surface area (Å²) in [5.41, 5.74) is 0.783. The van der Waals surface area contributed by atoms with Crippen LogP contribution in [0.3, 0.4) is 0 Å². The number of hydrogen-bond acceptors (Lipinski definition) is 6. The summed E-state index contributed by atoms with van der Waals surface area (Å²) < 4.78 is 16.9. The molecule has 0 radical (unpaired) electrons. The van der Waals surface area contributed by atoms with Crippen molar-refractivity contribution in [3.8, 4) is 17.2 Å². The van der Waals surface area contributed by atoms with Crippen molar-refractivity contribution in [3.05, 3.63) is 70.5 Å². The Labute approximate surface area is 196 Å². The molecule has 0 fully saturated rings. The fraction of sp³-hybridized carbons (Fsp3) is 0.208. The highest BCUT2D eigenvalue weighted by Gasteiger charge is 2.34. The first-order valence-electron chi connectivity index (χ1n) is 10.2. The fourth-order valence-corrected chi connectivity index (χ4v) is 3.44. The third-order valence-corrected chi connectivity index (χ3v) is 5.13. The van der Waals surface area contributed by atoms with Gasteiger partial charge in [-0.3, -0.25) is 10.2 Å². The third-order valence-electron chi connectivity index (χ3n) is 4.82. The number of carbonyl (C=O) groups excluding carboxylic acids is 1. The number of aliphatic imine (C=N–C) groups is 1. The lowest BCUT2D eigenvalue weighted by Gasteiger charge is -2.23. The molecular formula is C24H22ClN3O5. The third kappa shape index (κ3) is 5.01. The second-order valence-electron chi connectivity index (χ2n) is 7.21. The van der Waals surface area contributed by atoms with Crippen LogP contribution in [0.2, 0.25) is 5.02 Å². The summed E-state index contributed by atoms with van der Waals surface area (Å²) in [5, 5.41) is 10.1. The normalized spacial score (nSPS) is 16.2. The number of allylic oxidation sites excluding steroid dienone is 1. The van der Waals surface area contributed by atoms with Gasteiger partial charge in [-0.05, 0) is 42.8 Å². The van der Waals surface area contributed by atoms with Crippen molar-refractivity contribution in [3.63, 3.8) is 0 Å². The number of hydroxylamine groups is 2. The van der Waals surface area contributed by atoms with Crippen LogP contribution in [-0.4, -0.2) is 43.0 Å². The standard InChI is InChI=1S/C24H22ClN3O5/c1-15-12-22-27-24(29)17(23(26)28(22)33-15)13-16-8-9-20(21(14-16)30-2)32-11-5-10-31-19-7-4-3-6-18(19)25/h3-4,6-9,12-14,26H,5,10-11H2,1-2H3/b17-13-,26-23?. The van der Waals surface area contributed by atoms with Crippen molar-refractivity contribution in [2.45, 2.75) is 13.3 Å². The Morgan fingerprint density at radius 3 is 2.64 bits per heavy atom. The van der Waals surface area contributed by atoms with Crippen LogP contribution in [0.1, 0.15) is 18.9 Å². The molecule has 2 aliphatic rings. The van der Waals surface area contributed by atoms with E-state index in [-0.39, 0.29) is 11.4 Å². The number of nitrogens with one attached hydrogen (secondary N) is 1. The lowest BCUT2D eigenvalue weighted by Crippen LogP contribution is -2.38. The van der Waals surface area contributed by atoms with Crippen LogP contribution in [0, 0.1) is 5.41 Å². The molecule has 2 heterocycles. The van der Waals surface area contributed by atoms with E-state index < -0.39 is 5.91 Å². The Hall–Kier alpha value is -3.78. The van der Waals surface area contributed by atoms with Crippen LogP contribution in [0.5, 0.6) is 17.2 Å². The first kappa shape index (κ1) is 22.4. The summed E-state index contributed by atoms with van der Waals surface area (Å²) in [4.78, 5) is 21.8. The summed E-state index contributed by atoms with van der Waals surface area (Å²) in [6, 6.07) is 12.6. The predicted molar refractivity (Wildman–Crippen MR) is 125 cm³/mol. The molecule has 0 saturated heterocycles. The summed E-state index contributed by atoms with van der Waals surface area (Å²) in [7, 11) is 1.54. The van der Waals surface area contributed by atoms with Crippen LogP contribution >= 0.6 is 11.6 Å². The van der Waals surface area contributed by atoms with E-state index in [0.717, 1.165) is 0 Å². The molecule has 0 aliphatic carbocycles. The zero-order valence-corrected chi connectivity index (χ0v) is 18.9. The average molecular weight is 468 g/mol. The molecule has 33 heavy (non-hydrogen) atoms. The molecule has 170 valence electrons. The minimum atomic E-state index is -0.501. The van der Waals surface area contributed by atoms with E-state index in [1.165, 1.54) is 12.2 Å². The Bertz CT molecular complexity index is 1190. The van der Waals surface area contributed by atoms with Crippen LogP contribution in [-0.2, 0) is 9.63 Å². The number of nitrogens with zero attached hydrogens (tertiary/aromatic N) is 2. The Morgan fingerprint density at radius 1 is 1.12 bits per heavy atom. The maximum absolute atomic E-state index is 12.4. The quantitative estimate of drug-likeness (QED) is 0.448. The molecular weight excluding hydrogens is 446 g/mol. The van der Waals surface area contributed by atoms with Gasteiger partial charge in [-0.2, -0.15) is 4.99 Å². The molecule has 0 aromatic heterocycles. The number of benzene rings is 2. The SMILES string of the molecule is COc1cc(/C=C2/C(=N)N3OC(C)=CC3=NC2=O)ccc1OCCCOc1ccccc1Cl. The maximum atomic E-state index is 12.4. The highest BCUT2D eigenvalue weighted by Crippen LogP contribution is 2.30. The van der Waals surface area contributed by atoms with E-state index in [1.807, 2.05) is 18.2 Å². The second-order valence-corrected chi connectivity index (χ2v) is 7.62. The molecule has 1 amide bonds. The Morgan fingerprint density at radius 2 is 1.88 bits per heavy atom. The van der Waals surface area contributed by atoms with Crippen LogP contribution in [0.4, 0.5) is 0 Å². The van der Waals surface area contributed by atoms with Gasteiger partial charge in [0.25, 0.3) is 5.91 Å². The minimum absolute atomic E-state index is 0.0732. The number of ether oxygens (including phenoxy) is 3. The van der Waals surface area contributed by atoms with Crippen LogP contribution < -0.4 is 14.2 Å². The summed E-state index contributed by atoms with van der Waals surface area (Å²) in [5.74, 6) is 2.00. The monoisotopic (exact) mass is 467 g/mol. The first-order chi connectivity index (χ1) is 16.0. The molecule has 0 saturated carbocycles. The van der Waals surface area contributed by atoms with Gasteiger partial charge in [0.2, 0.25) is 0 Å². The molecule has 1 N–H and O–H groups in total. The van der Waals surface area contributed by atoms with E-state index in [4.69, 9.17) is 36.1 Å². The van der Waals surface area contributed by atoms with Gasteiger partial charge < -0.3 is 19.0 Å². The highest BCUT2D eigenvalue weighted by atomic mass is 35.5. The molecule has 4 rings (SSSR count). The van der Waals surface area contributed by atoms with Crippen molar-refractivity contribution in [1.29, 1.82) is 5.41 Å². The van der Waals surface area contributed by atoms with Crippen LogP contribution in [0.15, 0.2) is 64.9 Å². The molecule has 0 atom stereocenters. The number of para-hydroxylation sites is 1. The maximum Gasteiger partial charge on any atom is 0.282 e. The zero-order valence-electron chi connectivity index (χ0n) is 18.1. The van der Waals surface area contributed by atoms with Crippen molar-refractivity contribution in [2.24, 2.45) is 4.99 Å². The lowest BCUT2D eigenvalue weighted by atomic mass is 10.1. The van der Waals surface area contributed by atoms with Gasteiger partial charge in [0.05, 0.1) is 30.9 Å². The van der Waals surface area contributed by atoms with Crippen molar-refractivity contribution in [2.75, 3.05) is 20.3 Å². The lowest BCUT2D eigenvalue weighted by molar-refractivity contribution is -0.114. The molecule has 8 nitrogen and oxygen atoms in total. The second kappa shape index (κ2) is 9.79. The average Bonchev–Trinajstić information content (AvgIpc) is 3.18. The van der Waals surface area contributed by atoms with E-state index in [2.05, 4.69) is 4.99 Å². The van der Waals surface area contributed by atoms with Gasteiger partial charge in [0, 0.05) is 12.5 Å². The van der Waals surface area contributed by atoms with E-state index in [0.29, 0.717) is 59.1 Å². The number of fused-ring (bicyclic) bond motifs is 1. The highest BCUT2D eigenvalue weighted by molar-refractivity contribution is 6.32. The number of halogens is 1. The Balaban J connectivity index is 1.38. The van der Waals surface area contributed by atoms with Gasteiger partial charge in [-0.15, -0.1) is 5.06 Å². The van der Waals surface area contributed by atoms with E-state index in [9.17, 15) is 4.79 Å². The number of methoxy groups -OCH3 is 1.